The number of piperidine rings is 1. The predicted octanol–water partition coefficient (Wildman–Crippen LogP) is 9.60. The van der Waals surface area contributed by atoms with Crippen molar-refractivity contribution in [2.75, 3.05) is 19.6 Å². The Balaban J connectivity index is 1.06. The standard InChI is InChI=1S/C48H76N2O6/c1-30(2)32-18-23-48(42(55)49-29-31-28-34(43(31,3)4)41(54)50-26-11-10-12-27-50)25-24-46(8)33(40(32)48)16-17-36-45(7)21-20-37(56-39(53)15-13-14-38(51)52)44(5,6)35(45)19-22-47(36,46)9/h31-37,40H,1,10-29H2,2-9H3,(H,49,55)(H,51,52)/t31?,32?,33-,34+,35+,36?,37+,40-,45+,46-,47-,48+/m1/s1. The van der Waals surface area contributed by atoms with Crippen LogP contribution in [0.25, 0.3) is 0 Å². The topological polar surface area (TPSA) is 113 Å². The van der Waals surface area contributed by atoms with Gasteiger partial charge in [0.1, 0.15) is 6.10 Å². The number of ether oxygens (including phenoxy) is 1. The summed E-state index contributed by atoms with van der Waals surface area (Å²) in [5.41, 5.74) is 1.01. The summed E-state index contributed by atoms with van der Waals surface area (Å²) < 4.78 is 6.17. The molecule has 6 saturated carbocycles. The Kier molecular flexibility index (Phi) is 11.0. The highest BCUT2D eigenvalue weighted by atomic mass is 16.5. The first-order chi connectivity index (χ1) is 26.2. The van der Waals surface area contributed by atoms with E-state index in [1.165, 1.54) is 18.4 Å². The molecule has 1 heterocycles. The molecule has 7 fully saturated rings. The quantitative estimate of drug-likeness (QED) is 0.169. The zero-order valence-electron chi connectivity index (χ0n) is 36.4. The average Bonchev–Trinajstić information content (AvgIpc) is 3.54. The van der Waals surface area contributed by atoms with Crippen LogP contribution in [0.1, 0.15) is 165 Å². The van der Waals surface area contributed by atoms with E-state index in [0.29, 0.717) is 54.4 Å². The van der Waals surface area contributed by atoms with Gasteiger partial charge in [-0.05, 0) is 160 Å². The van der Waals surface area contributed by atoms with Gasteiger partial charge in [-0.2, -0.15) is 0 Å². The van der Waals surface area contributed by atoms with Crippen LogP contribution in [0.5, 0.6) is 0 Å². The number of aliphatic carboxylic acids is 1. The zero-order valence-corrected chi connectivity index (χ0v) is 36.4. The van der Waals surface area contributed by atoms with E-state index in [1.807, 2.05) is 0 Å². The summed E-state index contributed by atoms with van der Waals surface area (Å²) in [6, 6.07) is 0. The van der Waals surface area contributed by atoms with E-state index in [-0.39, 0.29) is 69.2 Å². The second kappa shape index (κ2) is 14.7. The molecule has 0 aromatic carbocycles. The van der Waals surface area contributed by atoms with E-state index in [1.54, 1.807) is 0 Å². The molecule has 0 aromatic rings. The van der Waals surface area contributed by atoms with Gasteiger partial charge in [0, 0.05) is 43.8 Å². The van der Waals surface area contributed by atoms with Crippen LogP contribution in [0.2, 0.25) is 0 Å². The second-order valence-corrected chi connectivity index (χ2v) is 22.3. The number of carboxylic acid groups (broad SMARTS) is 1. The molecule has 3 unspecified atom stereocenters. The summed E-state index contributed by atoms with van der Waals surface area (Å²) in [4.78, 5) is 54.4. The van der Waals surface area contributed by atoms with E-state index in [4.69, 9.17) is 9.84 Å². The van der Waals surface area contributed by atoms with Crippen molar-refractivity contribution in [3.63, 3.8) is 0 Å². The first kappa shape index (κ1) is 41.8. The number of hydrogen-bond donors (Lipinski definition) is 2. The van der Waals surface area contributed by atoms with Gasteiger partial charge in [-0.15, -0.1) is 0 Å². The molecular weight excluding hydrogens is 701 g/mol. The monoisotopic (exact) mass is 777 g/mol. The minimum atomic E-state index is -0.876. The molecule has 7 aliphatic rings. The first-order valence-corrected chi connectivity index (χ1v) is 22.9. The molecule has 8 heteroatoms. The number of carbonyl (C=O) groups excluding carboxylic acids is 3. The Morgan fingerprint density at radius 2 is 1.50 bits per heavy atom. The summed E-state index contributed by atoms with van der Waals surface area (Å²) in [5.74, 6) is 1.98. The molecule has 1 aliphatic heterocycles. The number of likely N-dealkylation sites (tertiary alicyclic amines) is 1. The fourth-order valence-corrected chi connectivity index (χ4v) is 15.8. The Morgan fingerprint density at radius 3 is 2.16 bits per heavy atom. The molecule has 0 radical (unpaired) electrons. The molecule has 7 rings (SSSR count). The minimum absolute atomic E-state index is 0.00887. The number of carboxylic acids is 1. The number of esters is 1. The Bertz CT molecular complexity index is 1580. The lowest BCUT2D eigenvalue weighted by molar-refractivity contribution is -0.249. The third kappa shape index (κ3) is 6.41. The van der Waals surface area contributed by atoms with Crippen molar-refractivity contribution in [1.29, 1.82) is 0 Å². The highest BCUT2D eigenvalue weighted by Crippen LogP contribution is 2.77. The van der Waals surface area contributed by atoms with Crippen LogP contribution < -0.4 is 5.32 Å². The number of hydrogen-bond acceptors (Lipinski definition) is 5. The summed E-state index contributed by atoms with van der Waals surface area (Å²) >= 11 is 0. The highest BCUT2D eigenvalue weighted by molar-refractivity contribution is 5.84. The Hall–Kier alpha value is -2.38. The molecular formula is C48H76N2O6. The van der Waals surface area contributed by atoms with Crippen LogP contribution in [-0.4, -0.2) is 59.5 Å². The maximum atomic E-state index is 14.9. The van der Waals surface area contributed by atoms with Crippen molar-refractivity contribution in [3.8, 4) is 0 Å². The number of nitrogens with one attached hydrogen (secondary N) is 1. The molecule has 6 aliphatic carbocycles. The molecule has 12 atom stereocenters. The van der Waals surface area contributed by atoms with Gasteiger partial charge in [0.15, 0.2) is 0 Å². The van der Waals surface area contributed by atoms with Gasteiger partial charge in [0.2, 0.25) is 11.8 Å². The number of fused-ring (bicyclic) bond motifs is 7. The number of nitrogens with zero attached hydrogens (tertiary/aromatic N) is 1. The molecule has 0 spiro atoms. The molecule has 8 nitrogen and oxygen atoms in total. The second-order valence-electron chi connectivity index (χ2n) is 22.3. The normalized spacial score (nSPS) is 43.5. The molecule has 1 saturated heterocycles. The van der Waals surface area contributed by atoms with Crippen LogP contribution in [0.3, 0.4) is 0 Å². The smallest absolute Gasteiger partial charge is 0.306 e. The largest absolute Gasteiger partial charge is 0.481 e. The van der Waals surface area contributed by atoms with Crippen LogP contribution in [0, 0.1) is 73.9 Å². The van der Waals surface area contributed by atoms with Gasteiger partial charge in [-0.25, -0.2) is 0 Å². The van der Waals surface area contributed by atoms with Crippen molar-refractivity contribution < 1.29 is 29.0 Å². The third-order valence-corrected chi connectivity index (χ3v) is 19.4. The summed E-state index contributed by atoms with van der Waals surface area (Å²) in [6.07, 6.45) is 15.2. The third-order valence-electron chi connectivity index (χ3n) is 19.4. The summed E-state index contributed by atoms with van der Waals surface area (Å²) in [5, 5.41) is 12.6. The average molecular weight is 777 g/mol. The van der Waals surface area contributed by atoms with Crippen LogP contribution in [0.15, 0.2) is 12.2 Å². The molecule has 2 N–H and O–H groups in total. The van der Waals surface area contributed by atoms with Gasteiger partial charge in [-0.3, -0.25) is 19.2 Å². The van der Waals surface area contributed by atoms with Crippen LogP contribution >= 0.6 is 0 Å². The van der Waals surface area contributed by atoms with Crippen LogP contribution in [-0.2, 0) is 23.9 Å². The van der Waals surface area contributed by atoms with E-state index < -0.39 is 5.97 Å². The molecule has 56 heavy (non-hydrogen) atoms. The van der Waals surface area contributed by atoms with Crippen molar-refractivity contribution >= 4 is 23.8 Å². The van der Waals surface area contributed by atoms with E-state index in [2.05, 4.69) is 72.2 Å². The molecule has 2 amide bonds. The number of amides is 2. The SMILES string of the molecule is C=C(C)C1CC[C@]2(C(=O)NCC3C[C@@H](C(=O)N4CCCCC4)C3(C)C)CC[C@]3(C)[C@H](CCC4[C@@]5(C)CC[C@H](OC(=O)CCCC(=O)O)C(C)(C)[C@@H]5CC[C@]43C)[C@@H]12. The Morgan fingerprint density at radius 1 is 0.786 bits per heavy atom. The molecule has 314 valence electrons. The van der Waals surface area contributed by atoms with Crippen molar-refractivity contribution in [2.24, 2.45) is 73.9 Å². The van der Waals surface area contributed by atoms with Gasteiger partial charge in [0.05, 0.1) is 5.41 Å². The van der Waals surface area contributed by atoms with E-state index in [0.717, 1.165) is 90.1 Å². The van der Waals surface area contributed by atoms with Gasteiger partial charge in [-0.1, -0.05) is 60.6 Å². The maximum absolute atomic E-state index is 14.9. The fourth-order valence-electron chi connectivity index (χ4n) is 15.8. The van der Waals surface area contributed by atoms with Crippen molar-refractivity contribution in [2.45, 2.75) is 171 Å². The number of rotatable bonds is 10. The number of allylic oxidation sites excluding steroid dienone is 1. The van der Waals surface area contributed by atoms with Crippen LogP contribution in [0.4, 0.5) is 0 Å². The van der Waals surface area contributed by atoms with Gasteiger partial charge < -0.3 is 20.1 Å². The zero-order chi connectivity index (χ0) is 40.6. The summed E-state index contributed by atoms with van der Waals surface area (Å²) in [6.45, 7) is 26.2. The predicted molar refractivity (Wildman–Crippen MR) is 219 cm³/mol. The first-order valence-electron chi connectivity index (χ1n) is 22.9. The lowest BCUT2D eigenvalue weighted by atomic mass is 9.32. The molecule has 0 aromatic heterocycles. The Labute approximate surface area is 338 Å². The molecule has 0 bridgehead atoms. The lowest BCUT2D eigenvalue weighted by Gasteiger charge is -2.72. The maximum Gasteiger partial charge on any atom is 0.306 e. The lowest BCUT2D eigenvalue weighted by Crippen LogP contribution is -2.67. The van der Waals surface area contributed by atoms with E-state index in [9.17, 15) is 19.2 Å². The summed E-state index contributed by atoms with van der Waals surface area (Å²) in [7, 11) is 0. The number of carbonyl (C=O) groups is 4. The fraction of sp³-hybridized carbons (Fsp3) is 0.875. The van der Waals surface area contributed by atoms with Gasteiger partial charge in [0.25, 0.3) is 0 Å². The highest BCUT2D eigenvalue weighted by Gasteiger charge is 2.72. The minimum Gasteiger partial charge on any atom is -0.481 e. The van der Waals surface area contributed by atoms with E-state index >= 15 is 0 Å². The van der Waals surface area contributed by atoms with Crippen molar-refractivity contribution in [1.82, 2.24) is 10.2 Å². The van der Waals surface area contributed by atoms with Gasteiger partial charge >= 0.3 is 11.9 Å². The van der Waals surface area contributed by atoms with Crippen molar-refractivity contribution in [3.05, 3.63) is 12.2 Å².